The van der Waals surface area contributed by atoms with Crippen molar-refractivity contribution < 1.29 is 9.47 Å². The molecule has 19 heavy (non-hydrogen) atoms. The van der Waals surface area contributed by atoms with E-state index in [1.807, 2.05) is 6.92 Å². The first kappa shape index (κ1) is 16.2. The Balaban J connectivity index is 2.30. The molecule has 1 rings (SSSR count). The van der Waals surface area contributed by atoms with Crippen molar-refractivity contribution >= 4 is 0 Å². The van der Waals surface area contributed by atoms with Gasteiger partial charge in [0, 0.05) is 13.2 Å². The predicted molar refractivity (Wildman–Crippen MR) is 79.5 cm³/mol. The van der Waals surface area contributed by atoms with Gasteiger partial charge in [-0.1, -0.05) is 38.1 Å². The first-order valence-electron chi connectivity index (χ1n) is 7.23. The second kappa shape index (κ2) is 9.96. The maximum atomic E-state index is 5.55. The molecule has 0 saturated heterocycles. The van der Waals surface area contributed by atoms with Crippen LogP contribution in [0.3, 0.4) is 0 Å². The van der Waals surface area contributed by atoms with Crippen molar-refractivity contribution in [1.29, 1.82) is 0 Å². The highest BCUT2D eigenvalue weighted by Crippen LogP contribution is 2.15. The minimum absolute atomic E-state index is 0.549. The third kappa shape index (κ3) is 6.71. The number of hydrogen-bond acceptors (Lipinski definition) is 3. The molecule has 1 unspecified atom stereocenters. The molecular weight excluding hydrogens is 238 g/mol. The summed E-state index contributed by atoms with van der Waals surface area (Å²) in [5.41, 5.74) is 2.59. The lowest BCUT2D eigenvalue weighted by Crippen LogP contribution is -2.19. The largest absolute Gasteiger partial charge is 0.379 e. The third-order valence-electron chi connectivity index (χ3n) is 3.09. The Morgan fingerprint density at radius 2 is 1.74 bits per heavy atom. The first-order valence-corrected chi connectivity index (χ1v) is 7.23. The molecule has 0 aliphatic carbocycles. The Labute approximate surface area is 117 Å². The van der Waals surface area contributed by atoms with Crippen LogP contribution in [0.15, 0.2) is 24.3 Å². The normalized spacial score (nSPS) is 12.6. The summed E-state index contributed by atoms with van der Waals surface area (Å²) < 4.78 is 10.8. The predicted octanol–water partition coefficient (Wildman–Crippen LogP) is 2.95. The van der Waals surface area contributed by atoms with Crippen molar-refractivity contribution in [2.45, 2.75) is 33.3 Å². The van der Waals surface area contributed by atoms with Gasteiger partial charge in [0.15, 0.2) is 0 Å². The van der Waals surface area contributed by atoms with Crippen LogP contribution in [0.4, 0.5) is 0 Å². The molecule has 1 N–H and O–H groups in total. The fourth-order valence-electron chi connectivity index (χ4n) is 1.87. The molecule has 0 radical (unpaired) electrons. The smallest absolute Gasteiger partial charge is 0.0718 e. The van der Waals surface area contributed by atoms with Gasteiger partial charge in [-0.3, -0.25) is 0 Å². The van der Waals surface area contributed by atoms with E-state index >= 15 is 0 Å². The Bertz CT molecular complexity index is 324. The van der Waals surface area contributed by atoms with Crippen LogP contribution in [0.5, 0.6) is 0 Å². The van der Waals surface area contributed by atoms with Crippen LogP contribution in [0.25, 0.3) is 0 Å². The van der Waals surface area contributed by atoms with Gasteiger partial charge >= 0.3 is 0 Å². The quantitative estimate of drug-likeness (QED) is 0.660. The van der Waals surface area contributed by atoms with Crippen LogP contribution in [-0.2, 0) is 16.1 Å². The van der Waals surface area contributed by atoms with E-state index in [0.29, 0.717) is 25.7 Å². The Hall–Kier alpha value is -0.900. The molecule has 108 valence electrons. The van der Waals surface area contributed by atoms with Crippen molar-refractivity contribution in [3.05, 3.63) is 35.4 Å². The lowest BCUT2D eigenvalue weighted by atomic mass is 10.00. The maximum absolute atomic E-state index is 5.55. The molecule has 1 aromatic carbocycles. The summed E-state index contributed by atoms with van der Waals surface area (Å²) in [5.74, 6) is 0.549. The van der Waals surface area contributed by atoms with E-state index in [4.69, 9.17) is 9.47 Å². The average molecular weight is 265 g/mol. The minimum Gasteiger partial charge on any atom is -0.379 e. The van der Waals surface area contributed by atoms with Gasteiger partial charge in [0.2, 0.25) is 0 Å². The van der Waals surface area contributed by atoms with Crippen molar-refractivity contribution in [3.63, 3.8) is 0 Å². The summed E-state index contributed by atoms with van der Waals surface area (Å²) in [5, 5.41) is 3.38. The van der Waals surface area contributed by atoms with Crippen molar-refractivity contribution in [3.8, 4) is 0 Å². The molecule has 0 aliphatic heterocycles. The fourth-order valence-corrected chi connectivity index (χ4v) is 1.87. The highest BCUT2D eigenvalue weighted by molar-refractivity contribution is 5.24. The SMILES string of the molecule is CCNCC(C)c1ccc(COCCOCC)cc1. The number of ether oxygens (including phenoxy) is 2. The summed E-state index contributed by atoms with van der Waals surface area (Å²) in [6.45, 7) is 11.2. The van der Waals surface area contributed by atoms with Gasteiger partial charge in [0.1, 0.15) is 0 Å². The first-order chi connectivity index (χ1) is 9.27. The molecule has 0 bridgehead atoms. The van der Waals surface area contributed by atoms with Crippen LogP contribution >= 0.6 is 0 Å². The minimum atomic E-state index is 0.549. The summed E-state index contributed by atoms with van der Waals surface area (Å²) in [6.07, 6.45) is 0. The number of rotatable bonds is 10. The van der Waals surface area contributed by atoms with E-state index in [-0.39, 0.29) is 0 Å². The van der Waals surface area contributed by atoms with Crippen LogP contribution in [-0.4, -0.2) is 32.9 Å². The monoisotopic (exact) mass is 265 g/mol. The van der Waals surface area contributed by atoms with Crippen molar-refractivity contribution in [2.24, 2.45) is 0 Å². The van der Waals surface area contributed by atoms with Crippen LogP contribution < -0.4 is 5.32 Å². The van der Waals surface area contributed by atoms with Gasteiger partial charge in [-0.2, -0.15) is 0 Å². The molecule has 1 atom stereocenters. The Kier molecular flexibility index (Phi) is 8.47. The molecule has 0 aromatic heterocycles. The van der Waals surface area contributed by atoms with Gasteiger partial charge in [-0.15, -0.1) is 0 Å². The standard InChI is InChI=1S/C16H27NO2/c1-4-17-12-14(3)16-8-6-15(7-9-16)13-19-11-10-18-5-2/h6-9,14,17H,4-5,10-13H2,1-3H3. The molecule has 0 amide bonds. The zero-order valence-corrected chi connectivity index (χ0v) is 12.4. The van der Waals surface area contributed by atoms with Gasteiger partial charge in [0.05, 0.1) is 19.8 Å². The van der Waals surface area contributed by atoms with Crippen molar-refractivity contribution in [1.82, 2.24) is 5.32 Å². The number of likely N-dealkylation sites (N-methyl/N-ethyl adjacent to an activating group) is 1. The lowest BCUT2D eigenvalue weighted by Gasteiger charge is -2.13. The highest BCUT2D eigenvalue weighted by Gasteiger charge is 2.04. The molecule has 0 spiro atoms. The molecular formula is C16H27NO2. The zero-order chi connectivity index (χ0) is 13.9. The average Bonchev–Trinajstić information content (AvgIpc) is 2.45. The highest BCUT2D eigenvalue weighted by atomic mass is 16.5. The van der Waals surface area contributed by atoms with E-state index in [1.165, 1.54) is 11.1 Å². The molecule has 3 heteroatoms. The van der Waals surface area contributed by atoms with Crippen LogP contribution in [0.1, 0.15) is 37.8 Å². The fraction of sp³-hybridized carbons (Fsp3) is 0.625. The lowest BCUT2D eigenvalue weighted by molar-refractivity contribution is 0.0453. The zero-order valence-electron chi connectivity index (χ0n) is 12.4. The van der Waals surface area contributed by atoms with Gasteiger partial charge in [-0.05, 0) is 30.5 Å². The molecule has 0 aliphatic rings. The van der Waals surface area contributed by atoms with Crippen molar-refractivity contribution in [2.75, 3.05) is 32.9 Å². The Morgan fingerprint density at radius 3 is 2.37 bits per heavy atom. The van der Waals surface area contributed by atoms with Gasteiger partial charge < -0.3 is 14.8 Å². The number of nitrogens with one attached hydrogen (secondary N) is 1. The second-order valence-corrected chi connectivity index (χ2v) is 4.70. The molecule has 0 saturated carbocycles. The Morgan fingerprint density at radius 1 is 1.05 bits per heavy atom. The van der Waals surface area contributed by atoms with E-state index < -0.39 is 0 Å². The van der Waals surface area contributed by atoms with Crippen LogP contribution in [0, 0.1) is 0 Å². The van der Waals surface area contributed by atoms with Crippen LogP contribution in [0.2, 0.25) is 0 Å². The molecule has 1 aromatic rings. The van der Waals surface area contributed by atoms with Gasteiger partial charge in [0.25, 0.3) is 0 Å². The van der Waals surface area contributed by atoms with E-state index in [9.17, 15) is 0 Å². The maximum Gasteiger partial charge on any atom is 0.0718 e. The topological polar surface area (TPSA) is 30.5 Å². The van der Waals surface area contributed by atoms with E-state index in [1.54, 1.807) is 0 Å². The summed E-state index contributed by atoms with van der Waals surface area (Å²) in [4.78, 5) is 0. The van der Waals surface area contributed by atoms with Gasteiger partial charge in [-0.25, -0.2) is 0 Å². The molecule has 3 nitrogen and oxygen atoms in total. The summed E-state index contributed by atoms with van der Waals surface area (Å²) >= 11 is 0. The third-order valence-corrected chi connectivity index (χ3v) is 3.09. The number of benzene rings is 1. The summed E-state index contributed by atoms with van der Waals surface area (Å²) in [6, 6.07) is 8.70. The second-order valence-electron chi connectivity index (χ2n) is 4.70. The van der Waals surface area contributed by atoms with E-state index in [2.05, 4.69) is 43.4 Å². The summed E-state index contributed by atoms with van der Waals surface area (Å²) in [7, 11) is 0. The van der Waals surface area contributed by atoms with E-state index in [0.717, 1.165) is 19.7 Å². The number of hydrogen-bond donors (Lipinski definition) is 1. The molecule has 0 heterocycles. The molecule has 0 fully saturated rings.